The third-order valence-electron chi connectivity index (χ3n) is 7.38. The molecule has 2 aromatic carbocycles. The minimum Gasteiger partial charge on any atom is -0.353 e. The first-order valence-electron chi connectivity index (χ1n) is 15.0. The SMILES string of the molecule is CS(=O)(=O)O.Cc1ccc(-n2nc(C(C)(C)C)cc2NC(=O)Nc2ccc(N3CCN(C(=O)c4c(Cl)cccc4Cl)CC3)nc2C)cc1. The van der Waals surface area contributed by atoms with Crippen LogP contribution >= 0.6 is 23.2 Å². The molecule has 12 nitrogen and oxygen atoms in total. The Morgan fingerprint density at radius 3 is 2.02 bits per heavy atom. The summed E-state index contributed by atoms with van der Waals surface area (Å²) in [4.78, 5) is 34.8. The Morgan fingerprint density at radius 1 is 0.896 bits per heavy atom. The van der Waals surface area contributed by atoms with Crippen molar-refractivity contribution in [3.63, 3.8) is 0 Å². The number of aromatic nitrogens is 3. The molecule has 0 aliphatic carbocycles. The van der Waals surface area contributed by atoms with Crippen molar-refractivity contribution in [3.8, 4) is 5.69 Å². The molecule has 0 atom stereocenters. The first-order valence-corrected chi connectivity index (χ1v) is 17.6. The van der Waals surface area contributed by atoms with Gasteiger partial charge in [-0.2, -0.15) is 13.5 Å². The van der Waals surface area contributed by atoms with Crippen LogP contribution in [0.25, 0.3) is 5.69 Å². The van der Waals surface area contributed by atoms with E-state index in [1.807, 2.05) is 56.3 Å². The van der Waals surface area contributed by atoms with Crippen LogP contribution in [0, 0.1) is 13.8 Å². The third-order valence-corrected chi connectivity index (χ3v) is 8.01. The Kier molecular flexibility index (Phi) is 11.4. The highest BCUT2D eigenvalue weighted by molar-refractivity contribution is 7.85. The van der Waals surface area contributed by atoms with Gasteiger partial charge in [0.15, 0.2) is 0 Å². The van der Waals surface area contributed by atoms with Gasteiger partial charge in [-0.25, -0.2) is 14.5 Å². The van der Waals surface area contributed by atoms with Crippen LogP contribution in [0.5, 0.6) is 0 Å². The van der Waals surface area contributed by atoms with E-state index in [0.29, 0.717) is 65.2 Å². The number of carbonyl (C=O) groups is 2. The Labute approximate surface area is 290 Å². The fourth-order valence-electron chi connectivity index (χ4n) is 4.84. The number of hydrogen-bond donors (Lipinski definition) is 3. The first kappa shape index (κ1) is 36.7. The van der Waals surface area contributed by atoms with E-state index in [4.69, 9.17) is 37.8 Å². The molecule has 4 aromatic rings. The van der Waals surface area contributed by atoms with Gasteiger partial charge in [-0.3, -0.25) is 14.7 Å². The number of aryl methyl sites for hydroxylation is 2. The maximum Gasteiger partial charge on any atom is 0.324 e. The molecular weight excluding hydrogens is 677 g/mol. The molecule has 15 heteroatoms. The van der Waals surface area contributed by atoms with Crippen molar-refractivity contribution in [2.45, 2.75) is 40.0 Å². The minimum atomic E-state index is -3.67. The normalized spacial score (nSPS) is 13.4. The Morgan fingerprint density at radius 2 is 1.48 bits per heavy atom. The maximum absolute atomic E-state index is 13.1. The van der Waals surface area contributed by atoms with Gasteiger partial charge in [0.05, 0.1) is 44.6 Å². The molecule has 256 valence electrons. The zero-order valence-corrected chi connectivity index (χ0v) is 29.9. The quantitative estimate of drug-likeness (QED) is 0.196. The standard InChI is InChI=1S/C32H35Cl2N7O2.CH4O3S/c1-20-9-11-22(12-10-20)41-28(19-26(38-41)32(3,4)5)37-31(43)36-25-13-14-27(35-21(25)2)39-15-17-40(18-16-39)30(42)29-23(33)7-6-8-24(29)34;1-5(2,3)4/h6-14,19H,15-18H2,1-5H3,(H2,36,37,43);1H3,(H,2,3,4). The van der Waals surface area contributed by atoms with Gasteiger partial charge in [0.25, 0.3) is 16.0 Å². The molecule has 1 fully saturated rings. The van der Waals surface area contributed by atoms with E-state index in [1.165, 1.54) is 0 Å². The summed E-state index contributed by atoms with van der Waals surface area (Å²) in [6.07, 6.45) is 0.715. The first-order chi connectivity index (χ1) is 22.4. The van der Waals surface area contributed by atoms with Crippen molar-refractivity contribution in [2.24, 2.45) is 0 Å². The van der Waals surface area contributed by atoms with Crippen LogP contribution in [0.15, 0.2) is 60.7 Å². The van der Waals surface area contributed by atoms with Crippen molar-refractivity contribution in [1.29, 1.82) is 0 Å². The molecule has 2 aromatic heterocycles. The lowest BCUT2D eigenvalue weighted by molar-refractivity contribution is 0.0747. The summed E-state index contributed by atoms with van der Waals surface area (Å²) in [5, 5.41) is 11.4. The number of piperazine rings is 1. The number of benzene rings is 2. The maximum atomic E-state index is 13.1. The molecule has 0 spiro atoms. The summed E-state index contributed by atoms with van der Waals surface area (Å²) in [5.41, 5.74) is 4.27. The molecule has 0 bridgehead atoms. The molecule has 0 radical (unpaired) electrons. The summed E-state index contributed by atoms with van der Waals surface area (Å²) in [7, 11) is -3.67. The lowest BCUT2D eigenvalue weighted by Crippen LogP contribution is -2.49. The fraction of sp³-hybridized carbons (Fsp3) is 0.333. The van der Waals surface area contributed by atoms with Gasteiger partial charge in [0.2, 0.25) is 0 Å². The van der Waals surface area contributed by atoms with Gasteiger partial charge in [-0.15, -0.1) is 0 Å². The summed E-state index contributed by atoms with van der Waals surface area (Å²) in [6.45, 7) is 12.4. The van der Waals surface area contributed by atoms with Crippen molar-refractivity contribution < 1.29 is 22.6 Å². The summed E-state index contributed by atoms with van der Waals surface area (Å²) >= 11 is 12.5. The largest absolute Gasteiger partial charge is 0.353 e. The molecular formula is C33H39Cl2N7O5S. The van der Waals surface area contributed by atoms with Gasteiger partial charge in [0, 0.05) is 37.7 Å². The summed E-state index contributed by atoms with van der Waals surface area (Å²) in [6, 6.07) is 18.3. The Bertz CT molecular complexity index is 1870. The van der Waals surface area contributed by atoms with Crippen molar-refractivity contribution in [1.82, 2.24) is 19.7 Å². The summed E-state index contributed by atoms with van der Waals surface area (Å²) in [5.74, 6) is 1.17. The monoisotopic (exact) mass is 715 g/mol. The van der Waals surface area contributed by atoms with Crippen LogP contribution in [0.1, 0.15) is 48.1 Å². The van der Waals surface area contributed by atoms with E-state index in [0.717, 1.165) is 22.8 Å². The van der Waals surface area contributed by atoms with Gasteiger partial charge in [-0.1, -0.05) is 67.7 Å². The highest BCUT2D eigenvalue weighted by Gasteiger charge is 2.26. The molecule has 3 N–H and O–H groups in total. The molecule has 48 heavy (non-hydrogen) atoms. The second-order valence-corrected chi connectivity index (χ2v) is 14.7. The van der Waals surface area contributed by atoms with Crippen LogP contribution in [0.2, 0.25) is 10.0 Å². The predicted molar refractivity (Wildman–Crippen MR) is 191 cm³/mol. The fourth-order valence-corrected chi connectivity index (χ4v) is 5.40. The van der Waals surface area contributed by atoms with E-state index in [-0.39, 0.29) is 11.3 Å². The van der Waals surface area contributed by atoms with Crippen LogP contribution in [0.4, 0.5) is 22.1 Å². The molecule has 0 unspecified atom stereocenters. The van der Waals surface area contributed by atoms with Crippen LogP contribution in [-0.2, 0) is 15.5 Å². The predicted octanol–water partition coefficient (Wildman–Crippen LogP) is 6.60. The summed E-state index contributed by atoms with van der Waals surface area (Å²) < 4.78 is 27.6. The van der Waals surface area contributed by atoms with Gasteiger partial charge in [0.1, 0.15) is 11.6 Å². The number of nitrogens with zero attached hydrogens (tertiary/aromatic N) is 5. The average molecular weight is 717 g/mol. The number of rotatable bonds is 5. The number of pyridine rings is 1. The molecule has 3 heterocycles. The van der Waals surface area contributed by atoms with E-state index in [1.54, 1.807) is 27.8 Å². The van der Waals surface area contributed by atoms with Crippen molar-refractivity contribution in [3.05, 3.63) is 93.2 Å². The number of urea groups is 1. The zero-order chi connectivity index (χ0) is 35.4. The van der Waals surface area contributed by atoms with Gasteiger partial charge >= 0.3 is 6.03 Å². The lowest BCUT2D eigenvalue weighted by atomic mass is 9.92. The van der Waals surface area contributed by atoms with Crippen LogP contribution < -0.4 is 15.5 Å². The van der Waals surface area contributed by atoms with E-state index in [9.17, 15) is 18.0 Å². The van der Waals surface area contributed by atoms with Crippen LogP contribution in [0.3, 0.4) is 0 Å². The van der Waals surface area contributed by atoms with Crippen molar-refractivity contribution >= 4 is 62.6 Å². The van der Waals surface area contributed by atoms with Gasteiger partial charge in [-0.05, 0) is 50.2 Å². The Hall–Kier alpha value is -4.17. The molecule has 0 saturated carbocycles. The Balaban J connectivity index is 0.000000968. The second-order valence-electron chi connectivity index (χ2n) is 12.4. The number of carbonyl (C=O) groups excluding carboxylic acids is 2. The van der Waals surface area contributed by atoms with E-state index in [2.05, 4.69) is 36.3 Å². The average Bonchev–Trinajstić information content (AvgIpc) is 3.42. The number of nitrogens with one attached hydrogen (secondary N) is 2. The molecule has 1 aliphatic heterocycles. The third kappa shape index (κ3) is 9.69. The second kappa shape index (κ2) is 14.9. The molecule has 3 amide bonds. The van der Waals surface area contributed by atoms with Gasteiger partial charge < -0.3 is 15.1 Å². The number of amides is 3. The minimum absolute atomic E-state index is 0.178. The lowest BCUT2D eigenvalue weighted by Gasteiger charge is -2.36. The van der Waals surface area contributed by atoms with E-state index < -0.39 is 16.1 Å². The number of anilines is 3. The highest BCUT2D eigenvalue weighted by Crippen LogP contribution is 2.28. The molecule has 5 rings (SSSR count). The number of halogens is 2. The molecule has 1 aliphatic rings. The van der Waals surface area contributed by atoms with Crippen molar-refractivity contribution in [2.75, 3.05) is 48.0 Å². The van der Waals surface area contributed by atoms with E-state index >= 15 is 0 Å². The molecule has 1 saturated heterocycles. The van der Waals surface area contributed by atoms with Crippen LogP contribution in [-0.4, -0.2) is 77.0 Å². The smallest absolute Gasteiger partial charge is 0.324 e. The highest BCUT2D eigenvalue weighted by atomic mass is 35.5. The zero-order valence-electron chi connectivity index (χ0n) is 27.6. The number of hydrogen-bond acceptors (Lipinski definition) is 7. The topological polar surface area (TPSA) is 150 Å².